The van der Waals surface area contributed by atoms with Gasteiger partial charge in [0.15, 0.2) is 0 Å². The SMILES string of the molecule is CCc1ccc(C(CNC(=O)CCCN(C)S(=O)(=O)c2cccs2)N(C)C)cc1. The van der Waals surface area contributed by atoms with E-state index in [9.17, 15) is 13.2 Å². The monoisotopic (exact) mass is 437 g/mol. The second-order valence-electron chi connectivity index (χ2n) is 7.24. The number of likely N-dealkylation sites (N-methyl/N-ethyl adjacent to an activating group) is 1. The lowest BCUT2D eigenvalue weighted by molar-refractivity contribution is -0.121. The van der Waals surface area contributed by atoms with Gasteiger partial charge in [-0.1, -0.05) is 37.3 Å². The molecule has 1 N–H and O–H groups in total. The molecule has 160 valence electrons. The second-order valence-corrected chi connectivity index (χ2v) is 10.5. The average Bonchev–Trinajstić information content (AvgIpc) is 3.24. The van der Waals surface area contributed by atoms with E-state index in [1.54, 1.807) is 24.6 Å². The summed E-state index contributed by atoms with van der Waals surface area (Å²) in [6, 6.07) is 11.9. The number of hydrogen-bond acceptors (Lipinski definition) is 5. The molecule has 0 fully saturated rings. The highest BCUT2D eigenvalue weighted by molar-refractivity contribution is 7.91. The number of thiophene rings is 1. The lowest BCUT2D eigenvalue weighted by atomic mass is 10.0. The molecule has 6 nitrogen and oxygen atoms in total. The van der Waals surface area contributed by atoms with Crippen molar-refractivity contribution < 1.29 is 13.2 Å². The van der Waals surface area contributed by atoms with Crippen molar-refractivity contribution in [1.29, 1.82) is 0 Å². The summed E-state index contributed by atoms with van der Waals surface area (Å²) in [5.41, 5.74) is 2.45. The number of hydrogen-bond donors (Lipinski definition) is 1. The molecule has 1 atom stereocenters. The molecule has 1 amide bonds. The van der Waals surface area contributed by atoms with Gasteiger partial charge in [0, 0.05) is 26.6 Å². The van der Waals surface area contributed by atoms with Gasteiger partial charge in [0.25, 0.3) is 10.0 Å². The van der Waals surface area contributed by atoms with Crippen LogP contribution in [0.25, 0.3) is 0 Å². The minimum atomic E-state index is -3.46. The van der Waals surface area contributed by atoms with Crippen LogP contribution in [-0.2, 0) is 21.2 Å². The summed E-state index contributed by atoms with van der Waals surface area (Å²) in [6.45, 7) is 2.95. The molecule has 0 saturated carbocycles. The lowest BCUT2D eigenvalue weighted by Crippen LogP contribution is -2.35. The first kappa shape index (κ1) is 23.5. The lowest BCUT2D eigenvalue weighted by Gasteiger charge is -2.25. The number of nitrogens with zero attached hydrogens (tertiary/aromatic N) is 2. The minimum absolute atomic E-state index is 0.0658. The van der Waals surface area contributed by atoms with Crippen LogP contribution in [0.4, 0.5) is 0 Å². The third kappa shape index (κ3) is 6.64. The summed E-state index contributed by atoms with van der Waals surface area (Å²) in [4.78, 5) is 14.4. The number of aryl methyl sites for hydroxylation is 1. The molecule has 2 rings (SSSR count). The van der Waals surface area contributed by atoms with Gasteiger partial charge in [0.05, 0.1) is 6.04 Å². The largest absolute Gasteiger partial charge is 0.354 e. The van der Waals surface area contributed by atoms with Gasteiger partial charge in [-0.25, -0.2) is 12.7 Å². The van der Waals surface area contributed by atoms with Crippen molar-refractivity contribution in [2.24, 2.45) is 0 Å². The van der Waals surface area contributed by atoms with Gasteiger partial charge in [-0.05, 0) is 49.5 Å². The van der Waals surface area contributed by atoms with Gasteiger partial charge in [-0.2, -0.15) is 0 Å². The van der Waals surface area contributed by atoms with Crippen molar-refractivity contribution in [2.75, 3.05) is 34.2 Å². The average molecular weight is 438 g/mol. The molecular weight excluding hydrogens is 406 g/mol. The van der Waals surface area contributed by atoms with Gasteiger partial charge < -0.3 is 10.2 Å². The first-order valence-corrected chi connectivity index (χ1v) is 12.1. The summed E-state index contributed by atoms with van der Waals surface area (Å²) in [5.74, 6) is -0.0658. The van der Waals surface area contributed by atoms with Crippen LogP contribution in [0.2, 0.25) is 0 Å². The highest BCUT2D eigenvalue weighted by atomic mass is 32.2. The Morgan fingerprint density at radius 2 is 1.83 bits per heavy atom. The molecule has 0 spiro atoms. The molecular formula is C21H31N3O3S2. The second kappa shape index (κ2) is 10.9. The molecule has 2 aromatic rings. The van der Waals surface area contributed by atoms with Gasteiger partial charge in [-0.15, -0.1) is 11.3 Å². The minimum Gasteiger partial charge on any atom is -0.354 e. The third-order valence-electron chi connectivity index (χ3n) is 4.93. The van der Waals surface area contributed by atoms with Crippen LogP contribution in [0.15, 0.2) is 46.0 Å². The van der Waals surface area contributed by atoms with Gasteiger partial charge in [0.1, 0.15) is 4.21 Å². The fraction of sp³-hybridized carbons (Fsp3) is 0.476. The molecule has 0 aliphatic rings. The molecule has 29 heavy (non-hydrogen) atoms. The van der Waals surface area contributed by atoms with E-state index in [1.165, 1.54) is 21.2 Å². The fourth-order valence-corrected chi connectivity index (χ4v) is 5.43. The molecule has 1 aromatic heterocycles. The predicted molar refractivity (Wildman–Crippen MR) is 119 cm³/mol. The first-order chi connectivity index (χ1) is 13.8. The molecule has 0 aliphatic heterocycles. The predicted octanol–water partition coefficient (Wildman–Crippen LogP) is 3.13. The fourth-order valence-electron chi connectivity index (χ4n) is 3.02. The molecule has 0 radical (unpaired) electrons. The van der Waals surface area contributed by atoms with Crippen molar-refractivity contribution in [3.63, 3.8) is 0 Å². The Morgan fingerprint density at radius 1 is 1.14 bits per heavy atom. The Kier molecular flexibility index (Phi) is 8.82. The zero-order chi connectivity index (χ0) is 21.4. The zero-order valence-corrected chi connectivity index (χ0v) is 19.2. The van der Waals surface area contributed by atoms with E-state index >= 15 is 0 Å². The van der Waals surface area contributed by atoms with Crippen LogP contribution in [-0.4, -0.2) is 57.8 Å². The van der Waals surface area contributed by atoms with E-state index in [0.717, 1.165) is 12.0 Å². The summed E-state index contributed by atoms with van der Waals surface area (Å²) < 4.78 is 26.4. The normalized spacial score (nSPS) is 13.0. The van der Waals surface area contributed by atoms with Crippen molar-refractivity contribution >= 4 is 27.3 Å². The van der Waals surface area contributed by atoms with Crippen molar-refractivity contribution in [2.45, 2.75) is 36.4 Å². The van der Waals surface area contributed by atoms with Crippen LogP contribution in [0.1, 0.15) is 36.9 Å². The first-order valence-electron chi connectivity index (χ1n) is 9.77. The Hall–Kier alpha value is -1.74. The van der Waals surface area contributed by atoms with E-state index < -0.39 is 10.0 Å². The highest BCUT2D eigenvalue weighted by Gasteiger charge is 2.21. The van der Waals surface area contributed by atoms with Crippen molar-refractivity contribution in [3.8, 4) is 0 Å². The topological polar surface area (TPSA) is 69.7 Å². The summed E-state index contributed by atoms with van der Waals surface area (Å²) >= 11 is 1.20. The molecule has 0 bridgehead atoms. The smallest absolute Gasteiger partial charge is 0.252 e. The van der Waals surface area contributed by atoms with Crippen LogP contribution >= 0.6 is 11.3 Å². The van der Waals surface area contributed by atoms with Crippen LogP contribution in [0, 0.1) is 0 Å². The van der Waals surface area contributed by atoms with Crippen LogP contribution in [0.3, 0.4) is 0 Å². The van der Waals surface area contributed by atoms with E-state index in [1.807, 2.05) is 14.1 Å². The number of sulfonamides is 1. The number of rotatable bonds is 11. The Morgan fingerprint density at radius 3 is 2.38 bits per heavy atom. The maximum Gasteiger partial charge on any atom is 0.252 e. The van der Waals surface area contributed by atoms with E-state index in [2.05, 4.69) is 41.4 Å². The van der Waals surface area contributed by atoms with Gasteiger partial charge >= 0.3 is 0 Å². The number of carbonyl (C=O) groups is 1. The molecule has 1 heterocycles. The summed E-state index contributed by atoms with van der Waals surface area (Å²) in [5, 5.41) is 4.73. The molecule has 1 unspecified atom stereocenters. The highest BCUT2D eigenvalue weighted by Crippen LogP contribution is 2.20. The van der Waals surface area contributed by atoms with Crippen molar-refractivity contribution in [1.82, 2.24) is 14.5 Å². The Bertz CT molecular complexity index is 863. The molecule has 0 saturated heterocycles. The summed E-state index contributed by atoms with van der Waals surface area (Å²) in [7, 11) is 2.08. The third-order valence-corrected chi connectivity index (χ3v) is 8.16. The molecule has 8 heteroatoms. The Balaban J connectivity index is 1.81. The maximum absolute atomic E-state index is 12.4. The number of amides is 1. The Labute approximate surface area is 178 Å². The van der Waals surface area contributed by atoms with E-state index in [-0.39, 0.29) is 11.9 Å². The number of carbonyl (C=O) groups excluding carboxylic acids is 1. The number of nitrogens with one attached hydrogen (secondary N) is 1. The molecule has 0 aliphatic carbocycles. The number of benzene rings is 1. The van der Waals surface area contributed by atoms with Crippen LogP contribution in [0.5, 0.6) is 0 Å². The molecule has 1 aromatic carbocycles. The summed E-state index contributed by atoms with van der Waals surface area (Å²) in [6.07, 6.45) is 1.77. The zero-order valence-electron chi connectivity index (χ0n) is 17.6. The quantitative estimate of drug-likeness (QED) is 0.586. The van der Waals surface area contributed by atoms with E-state index in [0.29, 0.717) is 30.1 Å². The van der Waals surface area contributed by atoms with Gasteiger partial charge in [-0.3, -0.25) is 4.79 Å². The maximum atomic E-state index is 12.4. The van der Waals surface area contributed by atoms with Gasteiger partial charge in [0.2, 0.25) is 5.91 Å². The van der Waals surface area contributed by atoms with Crippen molar-refractivity contribution in [3.05, 3.63) is 52.9 Å². The standard InChI is InChI=1S/C21H31N3O3S2/c1-5-17-10-12-18(13-11-17)19(23(2)3)16-22-20(25)8-6-14-24(4)29(26,27)21-9-7-15-28-21/h7,9-13,15,19H,5-6,8,14,16H2,1-4H3,(H,22,25). The van der Waals surface area contributed by atoms with E-state index in [4.69, 9.17) is 0 Å². The van der Waals surface area contributed by atoms with Crippen LogP contribution < -0.4 is 5.32 Å².